The summed E-state index contributed by atoms with van der Waals surface area (Å²) in [6, 6.07) is 24.5. The maximum Gasteiger partial charge on any atom is 0.345 e. The van der Waals surface area contributed by atoms with Crippen LogP contribution in [0.2, 0.25) is 5.02 Å². The zero-order valence-electron chi connectivity index (χ0n) is 35.3. The van der Waals surface area contributed by atoms with E-state index in [9.17, 15) is 14.3 Å². The van der Waals surface area contributed by atoms with Crippen LogP contribution in [-0.4, -0.2) is 107 Å². The second-order valence-electron chi connectivity index (χ2n) is 15.7. The third kappa shape index (κ3) is 9.15. The average molecular weight is 903 g/mol. The number of carboxylic acids is 1. The highest BCUT2D eigenvalue weighted by atomic mass is 35.5. The number of likely N-dealkylation sites (N-methyl/N-ethyl adjacent to an activating group) is 1. The molecule has 0 amide bonds. The molecule has 4 aromatic carbocycles. The van der Waals surface area contributed by atoms with Gasteiger partial charge in [0.25, 0.3) is 0 Å². The topological polar surface area (TPSA) is 141 Å². The summed E-state index contributed by atoms with van der Waals surface area (Å²) in [7, 11) is 3.71. The standard InChI is InChI=1S/C48H44ClFN6O7S/c1-28-35-13-15-39(43(28)49)62-34(24-56-20-18-55(2)19-21-56)26-60-33-12-14-37(61-25-32-16-17-51-45(54-32)36-6-4-5-7-38(36)59-3)30(22-33)23-40(48(57)58)63-46-42-41(35)44(64-47(42)53-27-52-46)29-8-10-31(50)11-9-29/h4-17,22,27,34,40H,18-21,23-26H2,1-3H3,(H,57,58)/t34-,40-/m1/s1. The molecule has 0 spiro atoms. The lowest BCUT2D eigenvalue weighted by atomic mass is 9.96. The molecular formula is C48H44ClFN6O7S. The van der Waals surface area contributed by atoms with E-state index in [0.29, 0.717) is 73.0 Å². The van der Waals surface area contributed by atoms with Crippen LogP contribution < -0.4 is 23.7 Å². The van der Waals surface area contributed by atoms with Crippen LogP contribution in [0.15, 0.2) is 97.5 Å². The van der Waals surface area contributed by atoms with E-state index in [-0.39, 0.29) is 31.3 Å². The summed E-state index contributed by atoms with van der Waals surface area (Å²) in [5, 5.41) is 11.7. The number of benzene rings is 4. The van der Waals surface area contributed by atoms with E-state index in [1.807, 2.05) is 43.3 Å². The highest BCUT2D eigenvalue weighted by molar-refractivity contribution is 7.22. The summed E-state index contributed by atoms with van der Waals surface area (Å²) < 4.78 is 45.9. The first-order valence-electron chi connectivity index (χ1n) is 20.8. The van der Waals surface area contributed by atoms with E-state index in [1.165, 1.54) is 29.8 Å². The van der Waals surface area contributed by atoms with Gasteiger partial charge in [0.05, 0.1) is 28.8 Å². The second kappa shape index (κ2) is 18.8. The lowest BCUT2D eigenvalue weighted by molar-refractivity contribution is -0.145. The van der Waals surface area contributed by atoms with Gasteiger partial charge < -0.3 is 33.7 Å². The number of halogens is 2. The van der Waals surface area contributed by atoms with Crippen LogP contribution in [0.3, 0.4) is 0 Å². The minimum atomic E-state index is -1.44. The van der Waals surface area contributed by atoms with Gasteiger partial charge in [0, 0.05) is 61.3 Å². The number of piperazine rings is 1. The number of hydrogen-bond acceptors (Lipinski definition) is 13. The van der Waals surface area contributed by atoms with Crippen molar-refractivity contribution in [3.05, 3.63) is 125 Å². The fraction of sp³-hybridized carbons (Fsp3) is 0.271. The molecule has 0 radical (unpaired) electrons. The van der Waals surface area contributed by atoms with E-state index >= 15 is 0 Å². The largest absolute Gasteiger partial charge is 0.496 e. The first-order valence-corrected chi connectivity index (χ1v) is 21.9. The summed E-state index contributed by atoms with van der Waals surface area (Å²) in [5.41, 5.74) is 4.67. The number of hydrogen-bond donors (Lipinski definition) is 1. The quantitative estimate of drug-likeness (QED) is 0.148. The van der Waals surface area contributed by atoms with Gasteiger partial charge in [-0.15, -0.1) is 11.3 Å². The Hall–Kier alpha value is -6.39. The fourth-order valence-corrected chi connectivity index (χ4v) is 9.30. The molecule has 2 atom stereocenters. The number of aromatic nitrogens is 4. The van der Waals surface area contributed by atoms with Crippen LogP contribution in [0.4, 0.5) is 4.39 Å². The van der Waals surface area contributed by atoms with Crippen molar-refractivity contribution in [2.75, 3.05) is 53.5 Å². The predicted octanol–water partition coefficient (Wildman–Crippen LogP) is 8.63. The number of ether oxygens (including phenoxy) is 5. The highest BCUT2D eigenvalue weighted by Gasteiger charge is 2.30. The first-order chi connectivity index (χ1) is 31.1. The van der Waals surface area contributed by atoms with Gasteiger partial charge in [0.1, 0.15) is 59.3 Å². The second-order valence-corrected chi connectivity index (χ2v) is 17.0. The third-order valence-electron chi connectivity index (χ3n) is 11.4. The van der Waals surface area contributed by atoms with E-state index in [4.69, 9.17) is 40.3 Å². The van der Waals surface area contributed by atoms with Crippen molar-refractivity contribution in [3.63, 3.8) is 0 Å². The normalized spacial score (nSPS) is 17.0. The van der Waals surface area contributed by atoms with Crippen LogP contribution in [0, 0.1) is 12.7 Å². The molecule has 3 aromatic heterocycles. The monoisotopic (exact) mass is 902 g/mol. The molecule has 4 bridgehead atoms. The maximum absolute atomic E-state index is 14.3. The van der Waals surface area contributed by atoms with Gasteiger partial charge in [-0.1, -0.05) is 41.9 Å². The Morgan fingerprint density at radius 2 is 1.77 bits per heavy atom. The first kappa shape index (κ1) is 42.9. The Morgan fingerprint density at radius 1 is 0.953 bits per heavy atom. The van der Waals surface area contributed by atoms with Crippen molar-refractivity contribution in [1.82, 2.24) is 29.7 Å². The Balaban J connectivity index is 1.13. The van der Waals surface area contributed by atoms with Crippen LogP contribution in [-0.2, 0) is 17.8 Å². The zero-order chi connectivity index (χ0) is 44.3. The van der Waals surface area contributed by atoms with Gasteiger partial charge in [-0.2, -0.15) is 0 Å². The number of carbonyl (C=O) groups is 1. The molecule has 3 aliphatic rings. The van der Waals surface area contributed by atoms with E-state index in [2.05, 4.69) is 31.8 Å². The van der Waals surface area contributed by atoms with Gasteiger partial charge in [-0.3, -0.25) is 4.90 Å². The SMILES string of the molecule is COc1ccccc1-c1nccc(COc2ccc3cc2C[C@H](C(=O)O)Oc2ncnc4sc(-c5ccc(F)cc5)c(c24)-c2ccc(c(Cl)c2C)O[C@H](CN2CCN(C)CC2)CO3)n1. The molecule has 0 saturated carbocycles. The van der Waals surface area contributed by atoms with Crippen molar-refractivity contribution in [3.8, 4) is 61.8 Å². The molecule has 13 nitrogen and oxygen atoms in total. The lowest BCUT2D eigenvalue weighted by Crippen LogP contribution is -2.49. The Kier molecular flexibility index (Phi) is 12.6. The van der Waals surface area contributed by atoms with Crippen molar-refractivity contribution >= 4 is 39.1 Å². The van der Waals surface area contributed by atoms with E-state index in [1.54, 1.807) is 49.7 Å². The molecule has 10 rings (SSSR count). The molecule has 0 unspecified atom stereocenters. The maximum atomic E-state index is 14.3. The van der Waals surface area contributed by atoms with Crippen LogP contribution in [0.1, 0.15) is 16.8 Å². The summed E-state index contributed by atoms with van der Waals surface area (Å²) in [4.78, 5) is 37.5. The van der Waals surface area contributed by atoms with Crippen LogP contribution in [0.5, 0.6) is 28.9 Å². The predicted molar refractivity (Wildman–Crippen MR) is 242 cm³/mol. The van der Waals surface area contributed by atoms with Gasteiger partial charge in [0.15, 0.2) is 5.82 Å². The molecule has 16 heteroatoms. The number of rotatable bonds is 9. The summed E-state index contributed by atoms with van der Waals surface area (Å²) in [5.74, 6) is 0.934. The third-order valence-corrected chi connectivity index (χ3v) is 13.0. The molecule has 3 aliphatic heterocycles. The zero-order valence-corrected chi connectivity index (χ0v) is 36.9. The number of aliphatic carboxylic acids is 1. The average Bonchev–Trinajstić information content (AvgIpc) is 3.70. The van der Waals surface area contributed by atoms with Gasteiger partial charge in [-0.25, -0.2) is 29.1 Å². The number of carboxylic acid groups (broad SMARTS) is 1. The summed E-state index contributed by atoms with van der Waals surface area (Å²) in [6.45, 7) is 6.27. The smallest absolute Gasteiger partial charge is 0.345 e. The highest BCUT2D eigenvalue weighted by Crippen LogP contribution is 2.49. The summed E-state index contributed by atoms with van der Waals surface area (Å²) in [6.07, 6.45) is 0.986. The Bertz CT molecular complexity index is 2820. The molecule has 1 N–H and O–H groups in total. The van der Waals surface area contributed by atoms with Crippen LogP contribution in [0.25, 0.3) is 43.2 Å². The van der Waals surface area contributed by atoms with Crippen molar-refractivity contribution < 1.29 is 38.0 Å². The van der Waals surface area contributed by atoms with E-state index in [0.717, 1.165) is 47.7 Å². The number of fused-ring (bicyclic) bond motifs is 7. The van der Waals surface area contributed by atoms with Crippen molar-refractivity contribution in [2.24, 2.45) is 0 Å². The lowest BCUT2D eigenvalue weighted by Gasteiger charge is -2.34. The fourth-order valence-electron chi connectivity index (χ4n) is 7.94. The number of thiophene rings is 1. The minimum Gasteiger partial charge on any atom is -0.496 e. The molecule has 6 heterocycles. The van der Waals surface area contributed by atoms with Gasteiger partial charge in [-0.05, 0) is 85.3 Å². The molecule has 64 heavy (non-hydrogen) atoms. The van der Waals surface area contributed by atoms with Crippen LogP contribution >= 0.6 is 22.9 Å². The number of methoxy groups -OCH3 is 1. The molecule has 0 aliphatic carbocycles. The molecule has 328 valence electrons. The van der Waals surface area contributed by atoms with Crippen molar-refractivity contribution in [2.45, 2.75) is 32.2 Å². The minimum absolute atomic E-state index is 0.0473. The molecular weight excluding hydrogens is 859 g/mol. The molecule has 1 saturated heterocycles. The van der Waals surface area contributed by atoms with Gasteiger partial charge >= 0.3 is 5.97 Å². The Labute approximate surface area is 378 Å². The van der Waals surface area contributed by atoms with Gasteiger partial charge in [0.2, 0.25) is 12.0 Å². The number of nitrogens with zero attached hydrogens (tertiary/aromatic N) is 6. The Morgan fingerprint density at radius 3 is 2.56 bits per heavy atom. The van der Waals surface area contributed by atoms with Crippen molar-refractivity contribution in [1.29, 1.82) is 0 Å². The number of para-hydroxylation sites is 1. The van der Waals surface area contributed by atoms with E-state index < -0.39 is 18.2 Å². The molecule has 7 aromatic rings. The summed E-state index contributed by atoms with van der Waals surface area (Å²) >= 11 is 8.59. The molecule has 1 fully saturated rings.